The van der Waals surface area contributed by atoms with Gasteiger partial charge in [-0.15, -0.1) is 0 Å². The molecule has 0 unspecified atom stereocenters. The summed E-state index contributed by atoms with van der Waals surface area (Å²) < 4.78 is 0. The van der Waals surface area contributed by atoms with Crippen LogP contribution in [0.2, 0.25) is 0 Å². The van der Waals surface area contributed by atoms with Crippen LogP contribution in [-0.4, -0.2) is 65.7 Å². The Labute approximate surface area is 283 Å². The smallest absolute Gasteiger partial charge is 0.870 e. The molecule has 4 radical (unpaired) electrons. The van der Waals surface area contributed by atoms with Gasteiger partial charge in [0.15, 0.2) is 0 Å². The predicted octanol–water partition coefficient (Wildman–Crippen LogP) is -2.13. The van der Waals surface area contributed by atoms with E-state index in [-0.39, 0.29) is 291 Å². The fourth-order valence-corrected chi connectivity index (χ4v) is 0. The van der Waals surface area contributed by atoms with Gasteiger partial charge in [-0.3, -0.25) is 0 Å². The van der Waals surface area contributed by atoms with Gasteiger partial charge in [0.25, 0.3) is 0 Å². The molecule has 0 aliphatic heterocycles. The second kappa shape index (κ2) is 296. The van der Waals surface area contributed by atoms with Crippen LogP contribution < -0.4 is 0 Å². The van der Waals surface area contributed by atoms with E-state index in [2.05, 4.69) is 0 Å². The maximum absolute atomic E-state index is 0. The van der Waals surface area contributed by atoms with Gasteiger partial charge in [-0.1, -0.05) is 0 Å². The summed E-state index contributed by atoms with van der Waals surface area (Å²) in [5.74, 6) is 0. The van der Waals surface area contributed by atoms with Gasteiger partial charge in [-0.2, -0.15) is 0 Å². The Bertz CT molecular complexity index is 24.9. The molecule has 0 saturated carbocycles. The Balaban J connectivity index is 0. The van der Waals surface area contributed by atoms with Crippen molar-refractivity contribution >= 4 is 0 Å². The average molecular weight is 977 g/mol. The Morgan fingerprint density at radius 3 is 0.158 bits per heavy atom. The van der Waals surface area contributed by atoms with Crippen LogP contribution in [0.3, 0.4) is 0 Å². The largest absolute Gasteiger partial charge is 3.00 e. The standard InChI is InChI=1S/4Gd.12H2O.3Ti/h;;;;12*1H2;;;/q4*+3;;;;;;;;;;;;;;;/p-12. The van der Waals surface area contributed by atoms with Crippen LogP contribution in [0.1, 0.15) is 0 Å². The summed E-state index contributed by atoms with van der Waals surface area (Å²) >= 11 is 0. The van der Waals surface area contributed by atoms with Crippen molar-refractivity contribution in [1.82, 2.24) is 0 Å². The average Bonchev–Trinajstić information content (AvgIpc) is 0. The van der Waals surface area contributed by atoms with E-state index in [0.29, 0.717) is 0 Å². The quantitative estimate of drug-likeness (QED) is 0.235. The van der Waals surface area contributed by atoms with Gasteiger partial charge < -0.3 is 65.7 Å². The monoisotopic (exact) mass is 980 g/mol. The summed E-state index contributed by atoms with van der Waals surface area (Å²) in [6, 6.07) is 0. The van der Waals surface area contributed by atoms with Gasteiger partial charge in [-0.05, 0) is 0 Å². The van der Waals surface area contributed by atoms with E-state index in [1.807, 2.05) is 0 Å². The van der Waals surface area contributed by atoms with Crippen molar-refractivity contribution in [2.45, 2.75) is 0 Å². The molecule has 0 aromatic rings. The first kappa shape index (κ1) is 334. The second-order valence-electron chi connectivity index (χ2n) is 0. The third-order valence-corrected chi connectivity index (χ3v) is 0. The van der Waals surface area contributed by atoms with E-state index in [9.17, 15) is 0 Å². The van der Waals surface area contributed by atoms with Crippen molar-refractivity contribution in [2.24, 2.45) is 0 Å². The minimum atomic E-state index is 0. The van der Waals surface area contributed by atoms with Crippen molar-refractivity contribution in [3.05, 3.63) is 0 Å². The van der Waals surface area contributed by atoms with Gasteiger partial charge in [0, 0.05) is 65.2 Å². The van der Waals surface area contributed by atoms with Gasteiger partial charge in [-0.25, -0.2) is 0 Å². The Kier molecular flexibility index (Phi) is 5200. The molecule has 19 heteroatoms. The van der Waals surface area contributed by atoms with E-state index < -0.39 is 0 Å². The summed E-state index contributed by atoms with van der Waals surface area (Å²) in [7, 11) is 0. The first-order chi connectivity index (χ1) is 0. The van der Waals surface area contributed by atoms with E-state index in [0.717, 1.165) is 0 Å². The molecule has 0 fully saturated rings. The molecule has 0 aromatic heterocycles. The Hall–Kier alpha value is 6.96. The van der Waals surface area contributed by atoms with Crippen LogP contribution in [-0.2, 0) is 65.2 Å². The topological polar surface area (TPSA) is 360 Å². The summed E-state index contributed by atoms with van der Waals surface area (Å²) in [4.78, 5) is 0. The van der Waals surface area contributed by atoms with Gasteiger partial charge in [0.2, 0.25) is 0 Å². The molecule has 0 bridgehead atoms. The number of hydrogen-bond acceptors (Lipinski definition) is 12. The SMILES string of the molecule is [Gd+3].[Gd+3].[Gd+3].[Gd+3].[OH-].[OH-].[OH-].[OH-].[OH-].[OH-].[OH-].[OH-].[OH-].[OH-].[OH-].[OH-].[Ti].[Ti].[Ti]. The predicted molar refractivity (Wildman–Crippen MR) is 23.2 cm³/mol. The first-order valence-electron chi connectivity index (χ1n) is 0. The van der Waals surface area contributed by atoms with E-state index in [4.69, 9.17) is 0 Å². The van der Waals surface area contributed by atoms with Gasteiger partial charge in [0.1, 0.15) is 0 Å². The molecule has 0 amide bonds. The molecular weight excluding hydrogens is 965 g/mol. The van der Waals surface area contributed by atoms with E-state index >= 15 is 0 Å². The zero-order valence-corrected chi connectivity index (χ0v) is 22.0. The molecular formula is H12Gd4O12Ti3. The molecule has 0 aliphatic rings. The molecule has 128 valence electrons. The van der Waals surface area contributed by atoms with Crippen molar-refractivity contribution in [3.63, 3.8) is 0 Å². The van der Waals surface area contributed by atoms with Gasteiger partial charge in [0.05, 0.1) is 0 Å². The third kappa shape index (κ3) is 272. The normalized spacial score (nSPS) is 0. The third-order valence-electron chi connectivity index (χ3n) is 0. The molecule has 0 saturated heterocycles. The summed E-state index contributed by atoms with van der Waals surface area (Å²) in [6.45, 7) is 0. The summed E-state index contributed by atoms with van der Waals surface area (Å²) in [6.07, 6.45) is 0. The molecule has 0 spiro atoms. The number of rotatable bonds is 0. The summed E-state index contributed by atoms with van der Waals surface area (Å²) in [5, 5.41) is 0. The van der Waals surface area contributed by atoms with E-state index in [1.165, 1.54) is 0 Å². The molecule has 0 aromatic carbocycles. The maximum Gasteiger partial charge on any atom is 3.00 e. The van der Waals surface area contributed by atoms with Crippen molar-refractivity contribution < 1.29 is 291 Å². The van der Waals surface area contributed by atoms with Crippen molar-refractivity contribution in [2.75, 3.05) is 0 Å². The number of hydrogen-bond donors (Lipinski definition) is 0. The molecule has 12 nitrogen and oxygen atoms in total. The van der Waals surface area contributed by atoms with Crippen LogP contribution in [0.5, 0.6) is 0 Å². The zero-order valence-electron chi connectivity index (χ0n) is 8.28. The van der Waals surface area contributed by atoms with Crippen LogP contribution in [0.25, 0.3) is 0 Å². The van der Waals surface area contributed by atoms with Crippen LogP contribution >= 0.6 is 0 Å². The molecule has 12 N–H and O–H groups in total. The zero-order chi connectivity index (χ0) is 0. The second-order valence-corrected chi connectivity index (χ2v) is 0. The Morgan fingerprint density at radius 2 is 0.158 bits per heavy atom. The van der Waals surface area contributed by atoms with Crippen molar-refractivity contribution in [1.29, 1.82) is 0 Å². The molecule has 0 aliphatic carbocycles. The fraction of sp³-hybridized carbons (Fsp3) is 0. The molecule has 19 heavy (non-hydrogen) atoms. The first-order valence-corrected chi connectivity index (χ1v) is 0. The van der Waals surface area contributed by atoms with E-state index in [1.54, 1.807) is 0 Å². The molecule has 0 rings (SSSR count). The van der Waals surface area contributed by atoms with Crippen LogP contribution in [0, 0.1) is 160 Å². The minimum absolute atomic E-state index is 0. The van der Waals surface area contributed by atoms with Crippen molar-refractivity contribution in [3.8, 4) is 0 Å². The molecule has 0 atom stereocenters. The minimum Gasteiger partial charge on any atom is -0.870 e. The maximum atomic E-state index is 0. The Morgan fingerprint density at radius 1 is 0.158 bits per heavy atom. The van der Waals surface area contributed by atoms with Crippen LogP contribution in [0.15, 0.2) is 0 Å². The van der Waals surface area contributed by atoms with Gasteiger partial charge >= 0.3 is 160 Å². The fourth-order valence-electron chi connectivity index (χ4n) is 0. The van der Waals surface area contributed by atoms with Crippen LogP contribution in [0.4, 0.5) is 0 Å². The molecule has 0 heterocycles. The summed E-state index contributed by atoms with van der Waals surface area (Å²) in [5.41, 5.74) is 0.